The number of nitrogens with zero attached hydrogens (tertiary/aromatic N) is 3. The van der Waals surface area contributed by atoms with Crippen molar-refractivity contribution in [1.82, 2.24) is 0 Å². The van der Waals surface area contributed by atoms with E-state index >= 15 is 0 Å². The van der Waals surface area contributed by atoms with Gasteiger partial charge >= 0.3 is 0 Å². The summed E-state index contributed by atoms with van der Waals surface area (Å²) in [6.07, 6.45) is 0. The lowest BCUT2D eigenvalue weighted by molar-refractivity contribution is -0.255. The molecule has 28 heavy (non-hydrogen) atoms. The van der Waals surface area contributed by atoms with Crippen molar-refractivity contribution in [2.75, 3.05) is 4.90 Å². The summed E-state index contributed by atoms with van der Waals surface area (Å²) < 4.78 is 0. The molecule has 0 aliphatic carbocycles. The Balaban J connectivity index is 1.59. The van der Waals surface area contributed by atoms with Crippen LogP contribution in [-0.2, 0) is 0 Å². The fraction of sp³-hybridized carbons (Fsp3) is 0. The van der Waals surface area contributed by atoms with Gasteiger partial charge in [-0.05, 0) is 54.1 Å². The highest BCUT2D eigenvalue weighted by Gasteiger charge is 2.36. The summed E-state index contributed by atoms with van der Waals surface area (Å²) in [4.78, 5) is 37.2. The molecule has 0 unspecified atom stereocenters. The Morgan fingerprint density at radius 1 is 0.750 bits per heavy atom. The summed E-state index contributed by atoms with van der Waals surface area (Å²) in [6.45, 7) is 0. The largest absolute Gasteiger partial charge is 0.545 e. The minimum Gasteiger partial charge on any atom is -0.545 e. The predicted octanol–water partition coefficient (Wildman–Crippen LogP) is 3.27. The Morgan fingerprint density at radius 3 is 2.00 bits per heavy atom. The highest BCUT2D eigenvalue weighted by atomic mass is 16.4. The van der Waals surface area contributed by atoms with Crippen LogP contribution >= 0.6 is 0 Å². The Morgan fingerprint density at radius 2 is 1.36 bits per heavy atom. The van der Waals surface area contributed by atoms with E-state index in [1.807, 2.05) is 30.3 Å². The first kappa shape index (κ1) is 17.3. The molecule has 0 spiro atoms. The number of hydrogen-bond donors (Lipinski definition) is 0. The quantitative estimate of drug-likeness (QED) is 0.519. The van der Waals surface area contributed by atoms with Crippen molar-refractivity contribution in [1.29, 1.82) is 0 Å². The molecule has 7 nitrogen and oxygen atoms in total. The zero-order valence-electron chi connectivity index (χ0n) is 14.4. The number of benzene rings is 3. The van der Waals surface area contributed by atoms with Crippen molar-refractivity contribution in [2.45, 2.75) is 0 Å². The predicted molar refractivity (Wildman–Crippen MR) is 99.0 cm³/mol. The lowest BCUT2D eigenvalue weighted by atomic mass is 10.1. The monoisotopic (exact) mass is 370 g/mol. The zero-order valence-corrected chi connectivity index (χ0v) is 14.4. The van der Waals surface area contributed by atoms with E-state index < -0.39 is 17.8 Å². The molecular weight excluding hydrogens is 358 g/mol. The number of aromatic carboxylic acids is 1. The number of carbonyl (C=O) groups is 3. The van der Waals surface area contributed by atoms with Gasteiger partial charge in [-0.1, -0.05) is 24.3 Å². The molecule has 136 valence electrons. The van der Waals surface area contributed by atoms with Gasteiger partial charge in [-0.2, -0.15) is 10.2 Å². The van der Waals surface area contributed by atoms with Crippen molar-refractivity contribution in [3.8, 4) is 0 Å². The number of amides is 2. The summed E-state index contributed by atoms with van der Waals surface area (Å²) in [5.74, 6) is -2.50. The van der Waals surface area contributed by atoms with E-state index in [4.69, 9.17) is 0 Å². The fourth-order valence-corrected chi connectivity index (χ4v) is 2.88. The van der Waals surface area contributed by atoms with Crippen LogP contribution < -0.4 is 10.0 Å². The Bertz CT molecular complexity index is 1120. The molecule has 0 aromatic heterocycles. The highest BCUT2D eigenvalue weighted by molar-refractivity contribution is 6.34. The van der Waals surface area contributed by atoms with Gasteiger partial charge in [-0.25, -0.2) is 4.90 Å². The standard InChI is InChI=1S/C21H13N3O4/c25-19-17-11-6-13(21(27)28)12-18(17)20(26)24(19)16-9-7-15(8-10-16)23-22-14-4-2-1-3-5-14/h1-12H,(H,27,28)/p-1. The summed E-state index contributed by atoms with van der Waals surface area (Å²) in [6, 6.07) is 19.4. The second kappa shape index (κ2) is 6.88. The van der Waals surface area contributed by atoms with Crippen molar-refractivity contribution >= 4 is 34.8 Å². The third kappa shape index (κ3) is 3.05. The van der Waals surface area contributed by atoms with Crippen LogP contribution in [-0.4, -0.2) is 17.8 Å². The highest BCUT2D eigenvalue weighted by Crippen LogP contribution is 2.30. The van der Waals surface area contributed by atoms with Crippen LogP contribution in [0.15, 0.2) is 83.0 Å². The molecule has 0 atom stereocenters. The van der Waals surface area contributed by atoms with E-state index in [1.165, 1.54) is 12.1 Å². The lowest BCUT2D eigenvalue weighted by Crippen LogP contribution is -2.29. The number of fused-ring (bicyclic) bond motifs is 1. The molecule has 0 N–H and O–H groups in total. The van der Waals surface area contributed by atoms with Gasteiger partial charge in [-0.15, -0.1) is 0 Å². The maximum atomic E-state index is 12.6. The molecule has 1 aliphatic rings. The summed E-state index contributed by atoms with van der Waals surface area (Å²) in [5.41, 5.74) is 1.67. The molecule has 0 fully saturated rings. The van der Waals surface area contributed by atoms with Gasteiger partial charge in [0, 0.05) is 0 Å². The third-order valence-corrected chi connectivity index (χ3v) is 4.27. The van der Waals surface area contributed by atoms with Gasteiger partial charge in [0.05, 0.1) is 34.2 Å². The van der Waals surface area contributed by atoms with Crippen LogP contribution in [0.4, 0.5) is 17.1 Å². The van der Waals surface area contributed by atoms with Gasteiger partial charge in [0.25, 0.3) is 11.8 Å². The molecule has 3 aromatic rings. The zero-order chi connectivity index (χ0) is 19.7. The average molecular weight is 370 g/mol. The minimum atomic E-state index is -1.41. The number of rotatable bonds is 4. The SMILES string of the molecule is O=C([O-])c1ccc2c(c1)C(=O)N(c1ccc(N=Nc3ccccc3)cc1)C2=O. The maximum Gasteiger partial charge on any atom is 0.266 e. The second-order valence-corrected chi connectivity index (χ2v) is 6.05. The first-order valence-corrected chi connectivity index (χ1v) is 8.35. The van der Waals surface area contributed by atoms with Crippen molar-refractivity contribution in [3.05, 3.63) is 89.5 Å². The summed E-state index contributed by atoms with van der Waals surface area (Å²) in [7, 11) is 0. The molecule has 1 heterocycles. The molecular formula is C21H12N3O4-. The topological polar surface area (TPSA) is 102 Å². The van der Waals surface area contributed by atoms with Gasteiger partial charge < -0.3 is 9.90 Å². The number of carboxylic acids is 1. The molecule has 7 heteroatoms. The molecule has 3 aromatic carbocycles. The minimum absolute atomic E-state index is 0.0412. The second-order valence-electron chi connectivity index (χ2n) is 6.05. The lowest BCUT2D eigenvalue weighted by Gasteiger charge is -2.13. The molecule has 0 saturated carbocycles. The number of hydrogen-bond acceptors (Lipinski definition) is 6. The molecule has 0 radical (unpaired) electrons. The van der Waals surface area contributed by atoms with Crippen LogP contribution in [0.25, 0.3) is 0 Å². The number of carbonyl (C=O) groups excluding carboxylic acids is 3. The van der Waals surface area contributed by atoms with Crippen LogP contribution in [0.2, 0.25) is 0 Å². The Hall–Kier alpha value is -4.13. The smallest absolute Gasteiger partial charge is 0.266 e. The molecule has 2 amide bonds. The molecule has 0 bridgehead atoms. The van der Waals surface area contributed by atoms with E-state index in [2.05, 4.69) is 10.2 Å². The van der Waals surface area contributed by atoms with Gasteiger partial charge in [0.2, 0.25) is 0 Å². The van der Waals surface area contributed by atoms with E-state index in [1.54, 1.807) is 24.3 Å². The number of carboxylic acid groups (broad SMARTS) is 1. The van der Waals surface area contributed by atoms with Gasteiger partial charge in [-0.3, -0.25) is 9.59 Å². The van der Waals surface area contributed by atoms with Crippen molar-refractivity contribution in [3.63, 3.8) is 0 Å². The first-order valence-electron chi connectivity index (χ1n) is 8.35. The summed E-state index contributed by atoms with van der Waals surface area (Å²) >= 11 is 0. The fourth-order valence-electron chi connectivity index (χ4n) is 2.88. The maximum absolute atomic E-state index is 12.6. The third-order valence-electron chi connectivity index (χ3n) is 4.27. The number of azo groups is 1. The van der Waals surface area contributed by atoms with Gasteiger partial charge in [0.1, 0.15) is 0 Å². The molecule has 0 saturated heterocycles. The van der Waals surface area contributed by atoms with E-state index in [-0.39, 0.29) is 16.7 Å². The van der Waals surface area contributed by atoms with Crippen LogP contribution in [0.3, 0.4) is 0 Å². The van der Waals surface area contributed by atoms with E-state index in [0.29, 0.717) is 17.1 Å². The van der Waals surface area contributed by atoms with Crippen LogP contribution in [0.1, 0.15) is 31.1 Å². The number of anilines is 1. The first-order chi connectivity index (χ1) is 13.5. The Labute approximate surface area is 159 Å². The normalized spacial score (nSPS) is 13.2. The van der Waals surface area contributed by atoms with Crippen LogP contribution in [0.5, 0.6) is 0 Å². The average Bonchev–Trinajstić information content (AvgIpc) is 2.97. The summed E-state index contributed by atoms with van der Waals surface area (Å²) in [5, 5.41) is 19.2. The van der Waals surface area contributed by atoms with Crippen LogP contribution in [0, 0.1) is 0 Å². The van der Waals surface area contributed by atoms with Crippen molar-refractivity contribution in [2.24, 2.45) is 10.2 Å². The number of imide groups is 1. The van der Waals surface area contributed by atoms with Crippen molar-refractivity contribution < 1.29 is 19.5 Å². The van der Waals surface area contributed by atoms with E-state index in [9.17, 15) is 19.5 Å². The molecule has 4 rings (SSSR count). The molecule has 1 aliphatic heterocycles. The van der Waals surface area contributed by atoms with E-state index in [0.717, 1.165) is 11.0 Å². The van der Waals surface area contributed by atoms with Gasteiger partial charge in [0.15, 0.2) is 0 Å². The Kier molecular flexibility index (Phi) is 4.25.